The van der Waals surface area contributed by atoms with Crippen LogP contribution in [0.3, 0.4) is 0 Å². The van der Waals surface area contributed by atoms with E-state index in [9.17, 15) is 0 Å². The van der Waals surface area contributed by atoms with Crippen molar-refractivity contribution in [3.05, 3.63) is 64.7 Å². The Kier molecular flexibility index (Phi) is 4.59. The first-order chi connectivity index (χ1) is 9.74. The van der Waals surface area contributed by atoms with E-state index in [1.807, 2.05) is 18.2 Å². The second kappa shape index (κ2) is 6.60. The quantitative estimate of drug-likeness (QED) is 0.530. The van der Waals surface area contributed by atoms with E-state index >= 15 is 0 Å². The van der Waals surface area contributed by atoms with Crippen molar-refractivity contribution in [1.82, 2.24) is 0 Å². The molecule has 0 aliphatic heterocycles. The van der Waals surface area contributed by atoms with Crippen molar-refractivity contribution in [2.75, 3.05) is 0 Å². The molecule has 5 heteroatoms. The maximum atomic E-state index is 8.92. The standard InChI is InChI=1S/C15H11ClN2O2/c16-12-5-7-13(8-6-12)20-10-11-3-1-2-4-14(11)15(9-17)18-19/h1-8,19H,10H2/b18-15-. The van der Waals surface area contributed by atoms with E-state index in [1.54, 1.807) is 36.4 Å². The molecule has 1 N–H and O–H groups in total. The van der Waals surface area contributed by atoms with E-state index in [2.05, 4.69) is 5.16 Å². The molecule has 0 saturated heterocycles. The molecule has 0 heterocycles. The molecule has 0 fully saturated rings. The third-order valence-electron chi connectivity index (χ3n) is 2.69. The molecular weight excluding hydrogens is 276 g/mol. The maximum absolute atomic E-state index is 8.92. The molecule has 0 aromatic heterocycles. The summed E-state index contributed by atoms with van der Waals surface area (Å²) in [5, 5.41) is 21.4. The van der Waals surface area contributed by atoms with Crippen LogP contribution in [0, 0.1) is 11.3 Å². The van der Waals surface area contributed by atoms with Crippen molar-refractivity contribution in [3.63, 3.8) is 0 Å². The Morgan fingerprint density at radius 1 is 1.20 bits per heavy atom. The largest absolute Gasteiger partial charge is 0.489 e. The predicted molar refractivity (Wildman–Crippen MR) is 76.2 cm³/mol. The third-order valence-corrected chi connectivity index (χ3v) is 2.94. The van der Waals surface area contributed by atoms with Gasteiger partial charge in [0.25, 0.3) is 0 Å². The van der Waals surface area contributed by atoms with Gasteiger partial charge in [0.2, 0.25) is 0 Å². The van der Waals surface area contributed by atoms with Gasteiger partial charge < -0.3 is 9.94 Å². The first kappa shape index (κ1) is 13.9. The lowest BCUT2D eigenvalue weighted by Crippen LogP contribution is -2.05. The van der Waals surface area contributed by atoms with Crippen molar-refractivity contribution >= 4 is 17.3 Å². The Morgan fingerprint density at radius 3 is 2.55 bits per heavy atom. The molecule has 100 valence electrons. The van der Waals surface area contributed by atoms with E-state index in [1.165, 1.54) is 0 Å². The van der Waals surface area contributed by atoms with Gasteiger partial charge in [-0.3, -0.25) is 0 Å². The molecule has 2 rings (SSSR count). The number of oxime groups is 1. The van der Waals surface area contributed by atoms with Crippen LogP contribution < -0.4 is 4.74 Å². The van der Waals surface area contributed by atoms with Gasteiger partial charge in [-0.15, -0.1) is 0 Å². The first-order valence-electron chi connectivity index (χ1n) is 5.83. The number of nitrogens with zero attached hydrogens (tertiary/aromatic N) is 2. The summed E-state index contributed by atoms with van der Waals surface area (Å²) in [4.78, 5) is 0. The monoisotopic (exact) mass is 286 g/mol. The second-order valence-electron chi connectivity index (χ2n) is 3.96. The lowest BCUT2D eigenvalue weighted by molar-refractivity contribution is 0.305. The molecule has 2 aromatic rings. The van der Waals surface area contributed by atoms with Crippen LogP contribution in [0.25, 0.3) is 0 Å². The topological polar surface area (TPSA) is 65.6 Å². The first-order valence-corrected chi connectivity index (χ1v) is 6.21. The molecule has 0 spiro atoms. The Morgan fingerprint density at radius 2 is 1.90 bits per heavy atom. The molecule has 2 aromatic carbocycles. The summed E-state index contributed by atoms with van der Waals surface area (Å²) in [6.07, 6.45) is 0. The van der Waals surface area contributed by atoms with E-state index in [0.717, 1.165) is 5.56 Å². The molecule has 0 radical (unpaired) electrons. The summed E-state index contributed by atoms with van der Waals surface area (Å²) in [6, 6.07) is 15.9. The summed E-state index contributed by atoms with van der Waals surface area (Å²) in [5.41, 5.74) is 1.27. The van der Waals surface area contributed by atoms with Gasteiger partial charge in [0.15, 0.2) is 5.71 Å². The van der Waals surface area contributed by atoms with Crippen LogP contribution in [-0.2, 0) is 6.61 Å². The fourth-order valence-electron chi connectivity index (χ4n) is 1.71. The minimum absolute atomic E-state index is 0.0414. The highest BCUT2D eigenvalue weighted by Crippen LogP contribution is 2.18. The van der Waals surface area contributed by atoms with Gasteiger partial charge in [-0.2, -0.15) is 5.26 Å². The van der Waals surface area contributed by atoms with Crippen molar-refractivity contribution in [1.29, 1.82) is 5.26 Å². The van der Waals surface area contributed by atoms with Gasteiger partial charge in [0, 0.05) is 10.6 Å². The number of halogens is 1. The summed E-state index contributed by atoms with van der Waals surface area (Å²) < 4.78 is 5.62. The van der Waals surface area contributed by atoms with Crippen LogP contribution >= 0.6 is 11.6 Å². The van der Waals surface area contributed by atoms with Gasteiger partial charge in [-0.05, 0) is 29.8 Å². The van der Waals surface area contributed by atoms with Crippen molar-refractivity contribution in [3.8, 4) is 11.8 Å². The highest BCUT2D eigenvalue weighted by molar-refractivity contribution is 6.30. The molecule has 4 nitrogen and oxygen atoms in total. The minimum Gasteiger partial charge on any atom is -0.489 e. The highest BCUT2D eigenvalue weighted by atomic mass is 35.5. The van der Waals surface area contributed by atoms with E-state index < -0.39 is 0 Å². The molecule has 0 aliphatic rings. The van der Waals surface area contributed by atoms with Crippen LogP contribution in [0.5, 0.6) is 5.75 Å². The summed E-state index contributed by atoms with van der Waals surface area (Å²) in [7, 11) is 0. The molecule has 0 atom stereocenters. The lowest BCUT2D eigenvalue weighted by atomic mass is 10.0. The molecule has 0 unspecified atom stereocenters. The number of benzene rings is 2. The molecular formula is C15H11ClN2O2. The van der Waals surface area contributed by atoms with Crippen molar-refractivity contribution in [2.24, 2.45) is 5.16 Å². The molecule has 0 saturated carbocycles. The van der Waals surface area contributed by atoms with Crippen LogP contribution in [0.4, 0.5) is 0 Å². The zero-order valence-electron chi connectivity index (χ0n) is 10.5. The molecule has 0 bridgehead atoms. The minimum atomic E-state index is -0.0414. The van der Waals surface area contributed by atoms with Gasteiger partial charge in [0.05, 0.1) is 0 Å². The van der Waals surface area contributed by atoms with Gasteiger partial charge in [-0.1, -0.05) is 41.0 Å². The Hall–Kier alpha value is -2.51. The van der Waals surface area contributed by atoms with Crippen molar-refractivity contribution < 1.29 is 9.94 Å². The van der Waals surface area contributed by atoms with E-state index in [-0.39, 0.29) is 12.3 Å². The summed E-state index contributed by atoms with van der Waals surface area (Å²) >= 11 is 5.80. The summed E-state index contributed by atoms with van der Waals surface area (Å²) in [6.45, 7) is 0.262. The Labute approximate surface area is 121 Å². The number of hydrogen-bond acceptors (Lipinski definition) is 4. The molecule has 0 aliphatic carbocycles. The number of rotatable bonds is 4. The lowest BCUT2D eigenvalue weighted by Gasteiger charge is -2.09. The van der Waals surface area contributed by atoms with E-state index in [0.29, 0.717) is 16.3 Å². The highest BCUT2D eigenvalue weighted by Gasteiger charge is 2.09. The summed E-state index contributed by atoms with van der Waals surface area (Å²) in [5.74, 6) is 0.670. The third kappa shape index (κ3) is 3.28. The molecule has 0 amide bonds. The van der Waals surface area contributed by atoms with Crippen LogP contribution in [0.1, 0.15) is 11.1 Å². The normalized spacial score (nSPS) is 10.9. The van der Waals surface area contributed by atoms with Crippen LogP contribution in [0.2, 0.25) is 5.02 Å². The molecule has 20 heavy (non-hydrogen) atoms. The van der Waals surface area contributed by atoms with Gasteiger partial charge >= 0.3 is 0 Å². The van der Waals surface area contributed by atoms with Gasteiger partial charge in [-0.25, -0.2) is 0 Å². The fourth-order valence-corrected chi connectivity index (χ4v) is 1.83. The van der Waals surface area contributed by atoms with Crippen molar-refractivity contribution in [2.45, 2.75) is 6.61 Å². The second-order valence-corrected chi connectivity index (χ2v) is 4.40. The zero-order chi connectivity index (χ0) is 14.4. The van der Waals surface area contributed by atoms with Crippen LogP contribution in [-0.4, -0.2) is 10.9 Å². The smallest absolute Gasteiger partial charge is 0.187 e. The predicted octanol–water partition coefficient (Wildman–Crippen LogP) is 3.62. The van der Waals surface area contributed by atoms with Crippen LogP contribution in [0.15, 0.2) is 53.7 Å². The Balaban J connectivity index is 2.18. The number of nitriles is 1. The van der Waals surface area contributed by atoms with Gasteiger partial charge in [0.1, 0.15) is 18.4 Å². The number of ether oxygens (including phenoxy) is 1. The average molecular weight is 287 g/mol. The maximum Gasteiger partial charge on any atom is 0.187 e. The number of hydrogen-bond donors (Lipinski definition) is 1. The average Bonchev–Trinajstić information content (AvgIpc) is 2.49. The van der Waals surface area contributed by atoms with E-state index in [4.69, 9.17) is 26.8 Å². The SMILES string of the molecule is N#C/C(=N/O)c1ccccc1COc1ccc(Cl)cc1. The zero-order valence-corrected chi connectivity index (χ0v) is 11.2. The fraction of sp³-hybridized carbons (Fsp3) is 0.0667. The Bertz CT molecular complexity index is 660.